The van der Waals surface area contributed by atoms with Gasteiger partial charge in [-0.05, 0) is 61.2 Å². The summed E-state index contributed by atoms with van der Waals surface area (Å²) in [6.07, 6.45) is -3.85. The molecule has 0 spiro atoms. The first-order valence-corrected chi connectivity index (χ1v) is 9.25. The van der Waals surface area contributed by atoms with Gasteiger partial charge in [0.05, 0.1) is 17.2 Å². The molecular weight excluding hydrogens is 381 g/mol. The van der Waals surface area contributed by atoms with Crippen LogP contribution in [0.4, 0.5) is 18.9 Å². The molecule has 4 nitrogen and oxygen atoms in total. The number of aliphatic carboxylic acids is 1. The molecule has 2 aromatic carbocycles. The number of alkyl halides is 3. The number of hydrogen-bond donors (Lipinski definition) is 1. The Balaban J connectivity index is 1.97. The molecule has 0 amide bonds. The monoisotopic (exact) mass is 402 g/mol. The second-order valence-corrected chi connectivity index (χ2v) is 7.68. The Kier molecular flexibility index (Phi) is 5.31. The van der Waals surface area contributed by atoms with Crippen LogP contribution in [0.15, 0.2) is 48.5 Å². The molecule has 1 aliphatic rings. The summed E-state index contributed by atoms with van der Waals surface area (Å²) in [5.41, 5.74) is 0.00387. The maximum atomic E-state index is 12.9. The Morgan fingerprint density at radius 2 is 1.76 bits per heavy atom. The van der Waals surface area contributed by atoms with Crippen molar-refractivity contribution in [2.24, 2.45) is 5.92 Å². The van der Waals surface area contributed by atoms with Gasteiger partial charge in [-0.2, -0.15) is 18.4 Å². The summed E-state index contributed by atoms with van der Waals surface area (Å²) in [4.78, 5) is 14.0. The lowest BCUT2D eigenvalue weighted by molar-refractivity contribution is -0.145. The van der Waals surface area contributed by atoms with E-state index in [9.17, 15) is 23.1 Å². The van der Waals surface area contributed by atoms with Crippen molar-refractivity contribution in [3.63, 3.8) is 0 Å². The predicted molar refractivity (Wildman–Crippen MR) is 103 cm³/mol. The Morgan fingerprint density at radius 3 is 2.24 bits per heavy atom. The van der Waals surface area contributed by atoms with Crippen LogP contribution >= 0.6 is 0 Å². The van der Waals surface area contributed by atoms with E-state index >= 15 is 0 Å². The predicted octanol–water partition coefficient (Wildman–Crippen LogP) is 5.05. The lowest BCUT2D eigenvalue weighted by Gasteiger charge is -2.50. The molecule has 1 N–H and O–H groups in total. The van der Waals surface area contributed by atoms with Crippen LogP contribution in [0, 0.1) is 17.2 Å². The van der Waals surface area contributed by atoms with E-state index < -0.39 is 23.2 Å². The van der Waals surface area contributed by atoms with Crippen molar-refractivity contribution in [3.05, 3.63) is 65.2 Å². The van der Waals surface area contributed by atoms with Gasteiger partial charge in [0.25, 0.3) is 0 Å². The van der Waals surface area contributed by atoms with Crippen molar-refractivity contribution in [2.45, 2.75) is 37.9 Å². The molecule has 1 fully saturated rings. The van der Waals surface area contributed by atoms with Crippen LogP contribution in [-0.2, 0) is 11.0 Å². The van der Waals surface area contributed by atoms with Crippen LogP contribution in [0.25, 0.3) is 0 Å². The number of piperidine rings is 1. The largest absolute Gasteiger partial charge is 0.479 e. The average Bonchev–Trinajstić information content (AvgIpc) is 2.69. The van der Waals surface area contributed by atoms with Gasteiger partial charge >= 0.3 is 12.1 Å². The van der Waals surface area contributed by atoms with E-state index in [1.165, 1.54) is 12.1 Å². The Morgan fingerprint density at radius 1 is 1.17 bits per heavy atom. The van der Waals surface area contributed by atoms with Crippen molar-refractivity contribution in [2.75, 3.05) is 11.4 Å². The number of anilines is 1. The van der Waals surface area contributed by atoms with Gasteiger partial charge in [-0.1, -0.05) is 19.1 Å². The molecule has 0 aliphatic carbocycles. The number of rotatable bonds is 3. The molecule has 1 aliphatic heterocycles. The molecule has 0 radical (unpaired) electrons. The summed E-state index contributed by atoms with van der Waals surface area (Å²) >= 11 is 0. The van der Waals surface area contributed by atoms with Crippen molar-refractivity contribution in [3.8, 4) is 6.07 Å². The zero-order chi connectivity index (χ0) is 21.4. The van der Waals surface area contributed by atoms with Crippen molar-refractivity contribution in [1.82, 2.24) is 0 Å². The summed E-state index contributed by atoms with van der Waals surface area (Å²) in [6.45, 7) is 3.87. The minimum Gasteiger partial charge on any atom is -0.479 e. The normalized spacial score (nSPS) is 24.8. The minimum absolute atomic E-state index is 0.115. The molecule has 2 unspecified atom stereocenters. The molecule has 3 atom stereocenters. The second kappa shape index (κ2) is 7.43. The van der Waals surface area contributed by atoms with Crippen molar-refractivity contribution < 1.29 is 23.1 Å². The molecular formula is C22H21F3N2O2. The maximum Gasteiger partial charge on any atom is 0.416 e. The number of carbonyl (C=O) groups is 1. The Labute approximate surface area is 167 Å². The fourth-order valence-electron chi connectivity index (χ4n) is 4.01. The number of halogens is 3. The van der Waals surface area contributed by atoms with Crippen LogP contribution in [0.3, 0.4) is 0 Å². The van der Waals surface area contributed by atoms with E-state index in [0.29, 0.717) is 24.2 Å². The van der Waals surface area contributed by atoms with Gasteiger partial charge in [0.15, 0.2) is 0 Å². The highest BCUT2D eigenvalue weighted by molar-refractivity contribution is 5.84. The number of benzene rings is 2. The van der Waals surface area contributed by atoms with E-state index in [0.717, 1.165) is 17.7 Å². The standard InChI is InChI=1S/C22H21F3N2O2/c1-14-11-17(16-5-7-18(8-6-16)22(23,24)25)13-27(21(14,2)20(28)29)19-9-3-15(12-26)4-10-19/h3-10,14,17H,11,13H2,1-2H3,(H,28,29)/t14?,17?,21-/m0/s1. The van der Waals surface area contributed by atoms with Crippen LogP contribution in [0.2, 0.25) is 0 Å². The van der Waals surface area contributed by atoms with Gasteiger partial charge in [0.2, 0.25) is 0 Å². The zero-order valence-corrected chi connectivity index (χ0v) is 16.1. The molecule has 3 rings (SSSR count). The first kappa shape index (κ1) is 20.7. The molecule has 2 aromatic rings. The quantitative estimate of drug-likeness (QED) is 0.780. The van der Waals surface area contributed by atoms with Crippen LogP contribution < -0.4 is 4.90 Å². The van der Waals surface area contributed by atoms with Gasteiger partial charge in [-0.3, -0.25) is 0 Å². The fraction of sp³-hybridized carbons (Fsp3) is 0.364. The second-order valence-electron chi connectivity index (χ2n) is 7.68. The first-order chi connectivity index (χ1) is 13.6. The minimum atomic E-state index is -4.39. The highest BCUT2D eigenvalue weighted by Gasteiger charge is 2.49. The van der Waals surface area contributed by atoms with Gasteiger partial charge in [-0.25, -0.2) is 4.79 Å². The third kappa shape index (κ3) is 3.80. The Bertz CT molecular complexity index is 933. The lowest BCUT2D eigenvalue weighted by Crippen LogP contribution is -2.61. The molecule has 0 saturated carbocycles. The van der Waals surface area contributed by atoms with Crippen molar-refractivity contribution in [1.29, 1.82) is 5.26 Å². The first-order valence-electron chi connectivity index (χ1n) is 9.25. The van der Waals surface area contributed by atoms with Gasteiger partial charge in [-0.15, -0.1) is 0 Å². The smallest absolute Gasteiger partial charge is 0.416 e. The molecule has 0 bridgehead atoms. The highest BCUT2D eigenvalue weighted by atomic mass is 19.4. The summed E-state index contributed by atoms with van der Waals surface area (Å²) in [5.74, 6) is -1.33. The lowest BCUT2D eigenvalue weighted by atomic mass is 9.73. The number of nitrogens with zero attached hydrogens (tertiary/aromatic N) is 2. The van der Waals surface area contributed by atoms with E-state index in [4.69, 9.17) is 5.26 Å². The van der Waals surface area contributed by atoms with Gasteiger partial charge in [0.1, 0.15) is 5.54 Å². The maximum absolute atomic E-state index is 12.9. The summed E-state index contributed by atoms with van der Waals surface area (Å²) < 4.78 is 38.6. The summed E-state index contributed by atoms with van der Waals surface area (Å²) in [7, 11) is 0. The topological polar surface area (TPSA) is 64.3 Å². The number of hydrogen-bond acceptors (Lipinski definition) is 3. The van der Waals surface area contributed by atoms with E-state index in [1.807, 2.05) is 13.0 Å². The van der Waals surface area contributed by atoms with Gasteiger partial charge < -0.3 is 10.0 Å². The van der Waals surface area contributed by atoms with E-state index in [1.54, 1.807) is 36.1 Å². The molecule has 1 saturated heterocycles. The molecule has 7 heteroatoms. The summed E-state index contributed by atoms with van der Waals surface area (Å²) in [6, 6.07) is 13.8. The van der Waals surface area contributed by atoms with E-state index in [2.05, 4.69) is 0 Å². The third-order valence-corrected chi connectivity index (χ3v) is 6.01. The van der Waals surface area contributed by atoms with Crippen molar-refractivity contribution >= 4 is 11.7 Å². The van der Waals surface area contributed by atoms with Crippen LogP contribution in [0.1, 0.15) is 42.9 Å². The summed E-state index contributed by atoms with van der Waals surface area (Å²) in [5, 5.41) is 19.0. The molecule has 152 valence electrons. The molecule has 29 heavy (non-hydrogen) atoms. The van der Waals surface area contributed by atoms with Crippen LogP contribution in [-0.4, -0.2) is 23.2 Å². The fourth-order valence-corrected chi connectivity index (χ4v) is 4.01. The molecule has 0 aromatic heterocycles. The van der Waals surface area contributed by atoms with Gasteiger partial charge in [0, 0.05) is 18.2 Å². The Hall–Kier alpha value is -3.01. The third-order valence-electron chi connectivity index (χ3n) is 6.01. The number of nitriles is 1. The van der Waals surface area contributed by atoms with Crippen LogP contribution in [0.5, 0.6) is 0 Å². The average molecular weight is 402 g/mol. The van der Waals surface area contributed by atoms with E-state index in [-0.39, 0.29) is 11.8 Å². The zero-order valence-electron chi connectivity index (χ0n) is 16.1. The highest BCUT2D eigenvalue weighted by Crippen LogP contribution is 2.43. The molecule has 1 heterocycles. The number of carboxylic acids is 1. The SMILES string of the molecule is CC1CC(c2ccc(C(F)(F)F)cc2)CN(c2ccc(C#N)cc2)[C@]1(C)C(=O)O. The number of carboxylic acid groups (broad SMARTS) is 1.